The van der Waals surface area contributed by atoms with Gasteiger partial charge in [0, 0.05) is 54.2 Å². The lowest BCUT2D eigenvalue weighted by Gasteiger charge is -2.41. The second kappa shape index (κ2) is 7.23. The van der Waals surface area contributed by atoms with Gasteiger partial charge in [-0.05, 0) is 37.1 Å². The Labute approximate surface area is 198 Å². The van der Waals surface area contributed by atoms with Crippen LogP contribution < -0.4 is 0 Å². The second-order valence-corrected chi connectivity index (χ2v) is 10.3. The summed E-state index contributed by atoms with van der Waals surface area (Å²) in [6.07, 6.45) is 5.65. The van der Waals surface area contributed by atoms with Crippen molar-refractivity contribution in [1.29, 1.82) is 0 Å². The van der Waals surface area contributed by atoms with Gasteiger partial charge in [0.05, 0.1) is 5.69 Å². The van der Waals surface area contributed by atoms with Gasteiger partial charge < -0.3 is 4.90 Å². The summed E-state index contributed by atoms with van der Waals surface area (Å²) in [5.41, 5.74) is 2.41. The zero-order valence-electron chi connectivity index (χ0n) is 19.0. The van der Waals surface area contributed by atoms with Gasteiger partial charge in [-0.1, -0.05) is 48.5 Å². The van der Waals surface area contributed by atoms with Crippen molar-refractivity contribution >= 4 is 28.4 Å². The van der Waals surface area contributed by atoms with E-state index < -0.39 is 5.54 Å². The highest BCUT2D eigenvalue weighted by Gasteiger charge is 2.57. The normalized spacial score (nSPS) is 21.2. The van der Waals surface area contributed by atoms with E-state index in [0.29, 0.717) is 18.4 Å². The highest BCUT2D eigenvalue weighted by Crippen LogP contribution is 2.46. The molecule has 0 radical (unpaired) electrons. The van der Waals surface area contributed by atoms with Crippen LogP contribution in [0.3, 0.4) is 0 Å². The van der Waals surface area contributed by atoms with Gasteiger partial charge in [-0.3, -0.25) is 24.5 Å². The van der Waals surface area contributed by atoms with Gasteiger partial charge in [-0.2, -0.15) is 0 Å². The molecule has 34 heavy (non-hydrogen) atoms. The van der Waals surface area contributed by atoms with Crippen molar-refractivity contribution in [3.05, 3.63) is 66.4 Å². The molecule has 1 spiro atoms. The summed E-state index contributed by atoms with van der Waals surface area (Å²) < 4.78 is 0. The minimum Gasteiger partial charge on any atom is -0.342 e. The number of aliphatic imine (C=N–C) groups is 1. The summed E-state index contributed by atoms with van der Waals surface area (Å²) in [6, 6.07) is 18.6. The molecule has 170 valence electrons. The van der Waals surface area contributed by atoms with Crippen LogP contribution in [-0.2, 0) is 9.59 Å². The average Bonchev–Trinajstić information content (AvgIpc) is 3.76. The molecule has 2 aliphatic carbocycles. The molecule has 7 rings (SSSR count). The number of pyridine rings is 1. The topological polar surface area (TPSA) is 65.9 Å². The van der Waals surface area contributed by atoms with Gasteiger partial charge >= 0.3 is 0 Å². The molecule has 6 heteroatoms. The van der Waals surface area contributed by atoms with E-state index in [0.717, 1.165) is 66.8 Å². The van der Waals surface area contributed by atoms with Crippen LogP contribution in [0.5, 0.6) is 0 Å². The van der Waals surface area contributed by atoms with Gasteiger partial charge in [0.25, 0.3) is 5.91 Å². The second-order valence-electron chi connectivity index (χ2n) is 10.3. The molecule has 3 aromatic rings. The zero-order chi connectivity index (χ0) is 22.9. The molecule has 2 amide bonds. The van der Waals surface area contributed by atoms with Crippen LogP contribution >= 0.6 is 0 Å². The quantitative estimate of drug-likeness (QED) is 0.592. The van der Waals surface area contributed by atoms with E-state index in [4.69, 9.17) is 4.99 Å². The zero-order valence-corrected chi connectivity index (χ0v) is 19.0. The first-order valence-corrected chi connectivity index (χ1v) is 12.3. The molecule has 3 heterocycles. The van der Waals surface area contributed by atoms with Crippen molar-refractivity contribution in [2.75, 3.05) is 19.6 Å². The highest BCUT2D eigenvalue weighted by molar-refractivity contribution is 6.16. The van der Waals surface area contributed by atoms with Crippen molar-refractivity contribution in [2.24, 2.45) is 16.8 Å². The van der Waals surface area contributed by atoms with Gasteiger partial charge in [0.2, 0.25) is 5.91 Å². The number of carbonyl (C=O) groups is 2. The SMILES string of the molecule is O=C(C1CC1)N1CC(CN2C(=O)C3(CC3)N=C2c2ccc(-c3cc4ccccc4cn3)cc2)C1. The molecule has 0 atom stereocenters. The predicted molar refractivity (Wildman–Crippen MR) is 130 cm³/mol. The monoisotopic (exact) mass is 450 g/mol. The third-order valence-corrected chi connectivity index (χ3v) is 7.65. The lowest BCUT2D eigenvalue weighted by Crippen LogP contribution is -2.55. The molecule has 4 aliphatic rings. The molecule has 0 unspecified atom stereocenters. The molecule has 3 fully saturated rings. The lowest BCUT2D eigenvalue weighted by molar-refractivity contribution is -0.139. The van der Waals surface area contributed by atoms with Crippen LogP contribution in [-0.4, -0.2) is 57.6 Å². The number of amides is 2. The molecule has 6 nitrogen and oxygen atoms in total. The molecular weight excluding hydrogens is 424 g/mol. The number of carbonyl (C=O) groups excluding carboxylic acids is 2. The molecule has 2 aromatic carbocycles. The summed E-state index contributed by atoms with van der Waals surface area (Å²) >= 11 is 0. The van der Waals surface area contributed by atoms with Crippen molar-refractivity contribution in [3.63, 3.8) is 0 Å². The first-order chi connectivity index (χ1) is 16.6. The van der Waals surface area contributed by atoms with Gasteiger partial charge in [0.1, 0.15) is 11.4 Å². The van der Waals surface area contributed by atoms with Gasteiger partial charge in [-0.25, -0.2) is 0 Å². The fraction of sp³-hybridized carbons (Fsp3) is 0.357. The molecule has 2 aliphatic heterocycles. The highest BCUT2D eigenvalue weighted by atomic mass is 16.2. The minimum atomic E-state index is -0.527. The van der Waals surface area contributed by atoms with E-state index in [9.17, 15) is 9.59 Å². The third kappa shape index (κ3) is 3.23. The molecule has 2 saturated carbocycles. The van der Waals surface area contributed by atoms with E-state index in [1.807, 2.05) is 28.1 Å². The number of nitrogens with zero attached hydrogens (tertiary/aromatic N) is 4. The Balaban J connectivity index is 1.11. The third-order valence-electron chi connectivity index (χ3n) is 7.65. The summed E-state index contributed by atoms with van der Waals surface area (Å²) in [5.74, 6) is 1.81. The molecule has 0 bridgehead atoms. The predicted octanol–water partition coefficient (Wildman–Crippen LogP) is 3.89. The van der Waals surface area contributed by atoms with E-state index in [1.54, 1.807) is 0 Å². The van der Waals surface area contributed by atoms with Crippen LogP contribution in [0.2, 0.25) is 0 Å². The van der Waals surface area contributed by atoms with Crippen molar-refractivity contribution in [1.82, 2.24) is 14.8 Å². The van der Waals surface area contributed by atoms with E-state index in [2.05, 4.69) is 47.4 Å². The molecule has 0 N–H and O–H groups in total. The van der Waals surface area contributed by atoms with Crippen LogP contribution in [0.25, 0.3) is 22.0 Å². The maximum Gasteiger partial charge on any atom is 0.256 e. The van der Waals surface area contributed by atoms with E-state index >= 15 is 0 Å². The Hall–Kier alpha value is -3.54. The number of rotatable bonds is 5. The van der Waals surface area contributed by atoms with Gasteiger partial charge in [0.15, 0.2) is 0 Å². The number of hydrogen-bond donors (Lipinski definition) is 0. The Bertz CT molecular complexity index is 1350. The standard InChI is InChI=1S/C28H26N4O2/c33-26(21-9-10-21)31-15-18(16-31)17-32-25(30-28(11-12-28)27(32)34)20-7-5-19(6-8-20)24-13-22-3-1-2-4-23(22)14-29-24/h1-8,13-14,18,21H,9-12,15-17H2. The minimum absolute atomic E-state index is 0.134. The van der Waals surface area contributed by atoms with Crippen LogP contribution in [0.1, 0.15) is 31.2 Å². The summed E-state index contributed by atoms with van der Waals surface area (Å²) in [6.45, 7) is 2.15. The first kappa shape index (κ1) is 19.9. The molecular formula is C28H26N4O2. The smallest absolute Gasteiger partial charge is 0.256 e. The van der Waals surface area contributed by atoms with Crippen LogP contribution in [0, 0.1) is 11.8 Å². The van der Waals surface area contributed by atoms with E-state index in [-0.39, 0.29) is 11.8 Å². The van der Waals surface area contributed by atoms with Crippen molar-refractivity contribution in [2.45, 2.75) is 31.2 Å². The van der Waals surface area contributed by atoms with Crippen LogP contribution in [0.15, 0.2) is 65.8 Å². The number of aromatic nitrogens is 1. The number of likely N-dealkylation sites (tertiary alicyclic amines) is 1. The number of amidine groups is 1. The summed E-state index contributed by atoms with van der Waals surface area (Å²) in [4.78, 5) is 38.9. The van der Waals surface area contributed by atoms with E-state index in [1.165, 1.54) is 5.39 Å². The average molecular weight is 451 g/mol. The maximum absolute atomic E-state index is 13.2. The van der Waals surface area contributed by atoms with Crippen LogP contribution in [0.4, 0.5) is 0 Å². The number of benzene rings is 2. The number of fused-ring (bicyclic) bond motifs is 1. The Morgan fingerprint density at radius 1 is 0.971 bits per heavy atom. The Morgan fingerprint density at radius 2 is 1.68 bits per heavy atom. The van der Waals surface area contributed by atoms with Gasteiger partial charge in [-0.15, -0.1) is 0 Å². The summed E-state index contributed by atoms with van der Waals surface area (Å²) in [7, 11) is 0. The molecule has 1 aromatic heterocycles. The maximum atomic E-state index is 13.2. The summed E-state index contributed by atoms with van der Waals surface area (Å²) in [5, 5.41) is 2.29. The Morgan fingerprint density at radius 3 is 2.38 bits per heavy atom. The molecule has 1 saturated heterocycles. The Kier molecular flexibility index (Phi) is 4.23. The fourth-order valence-electron chi connectivity index (χ4n) is 5.24. The van der Waals surface area contributed by atoms with Crippen molar-refractivity contribution < 1.29 is 9.59 Å². The first-order valence-electron chi connectivity index (χ1n) is 12.3. The van der Waals surface area contributed by atoms with Crippen molar-refractivity contribution in [3.8, 4) is 11.3 Å². The largest absolute Gasteiger partial charge is 0.342 e. The number of hydrogen-bond acceptors (Lipinski definition) is 4. The fourth-order valence-corrected chi connectivity index (χ4v) is 5.24. The lowest BCUT2D eigenvalue weighted by atomic mass is 9.98.